The van der Waals surface area contributed by atoms with Crippen molar-refractivity contribution in [2.75, 3.05) is 31.6 Å². The first-order chi connectivity index (χ1) is 14.4. The minimum atomic E-state index is -3.59. The van der Waals surface area contributed by atoms with Crippen molar-refractivity contribution < 1.29 is 17.9 Å². The highest BCUT2D eigenvalue weighted by atomic mass is 32.2. The molecule has 0 saturated carbocycles. The molecule has 1 aromatic heterocycles. The number of aromatic nitrogens is 2. The van der Waals surface area contributed by atoms with Crippen molar-refractivity contribution in [3.63, 3.8) is 0 Å². The van der Waals surface area contributed by atoms with E-state index in [4.69, 9.17) is 4.74 Å². The number of sulfonamides is 1. The average molecular weight is 445 g/mol. The summed E-state index contributed by atoms with van der Waals surface area (Å²) in [6, 6.07) is 13.7. The molecule has 156 valence electrons. The molecule has 0 aliphatic carbocycles. The van der Waals surface area contributed by atoms with Crippen molar-refractivity contribution in [2.24, 2.45) is 0 Å². The second kappa shape index (κ2) is 8.60. The molecule has 0 bridgehead atoms. The van der Waals surface area contributed by atoms with E-state index < -0.39 is 10.0 Å². The first-order valence-corrected chi connectivity index (χ1v) is 11.6. The van der Waals surface area contributed by atoms with Crippen molar-refractivity contribution in [1.29, 1.82) is 0 Å². The van der Waals surface area contributed by atoms with Crippen molar-refractivity contribution in [1.82, 2.24) is 14.5 Å². The second-order valence-electron chi connectivity index (χ2n) is 6.72. The smallest absolute Gasteiger partial charge is 0.257 e. The number of ether oxygens (including phenoxy) is 1. The van der Waals surface area contributed by atoms with Crippen LogP contribution in [0.25, 0.3) is 10.6 Å². The fourth-order valence-corrected chi connectivity index (χ4v) is 5.32. The number of rotatable bonds is 5. The van der Waals surface area contributed by atoms with E-state index >= 15 is 0 Å². The zero-order valence-corrected chi connectivity index (χ0v) is 17.9. The number of nitrogens with one attached hydrogen (secondary N) is 1. The zero-order valence-electron chi connectivity index (χ0n) is 16.2. The van der Waals surface area contributed by atoms with Gasteiger partial charge in [-0.2, -0.15) is 4.31 Å². The zero-order chi connectivity index (χ0) is 21.1. The highest BCUT2D eigenvalue weighted by Crippen LogP contribution is 2.29. The van der Waals surface area contributed by atoms with Crippen molar-refractivity contribution >= 4 is 32.4 Å². The number of anilines is 1. The lowest BCUT2D eigenvalue weighted by atomic mass is 10.1. The Labute approximate surface area is 178 Å². The molecule has 1 aliphatic heterocycles. The van der Waals surface area contributed by atoms with Crippen LogP contribution in [0.2, 0.25) is 0 Å². The van der Waals surface area contributed by atoms with Crippen LogP contribution < -0.4 is 5.32 Å². The Morgan fingerprint density at radius 1 is 1.07 bits per heavy atom. The summed E-state index contributed by atoms with van der Waals surface area (Å²) in [5.74, 6) is -0.377. The molecule has 0 spiro atoms. The lowest BCUT2D eigenvalue weighted by Gasteiger charge is -2.26. The van der Waals surface area contributed by atoms with Gasteiger partial charge in [-0.05, 0) is 36.8 Å². The van der Waals surface area contributed by atoms with Crippen molar-refractivity contribution in [3.05, 3.63) is 59.7 Å². The van der Waals surface area contributed by atoms with Crippen LogP contribution >= 0.6 is 11.3 Å². The third kappa shape index (κ3) is 4.26. The summed E-state index contributed by atoms with van der Waals surface area (Å²) in [5, 5.41) is 12.0. The summed E-state index contributed by atoms with van der Waals surface area (Å²) >= 11 is 1.28. The number of hydrogen-bond acceptors (Lipinski definition) is 7. The maximum Gasteiger partial charge on any atom is 0.257 e. The third-order valence-electron chi connectivity index (χ3n) is 4.75. The third-order valence-corrected chi connectivity index (χ3v) is 7.53. The second-order valence-corrected chi connectivity index (χ2v) is 9.64. The molecule has 10 heteroatoms. The number of morpholine rings is 1. The Kier molecular flexibility index (Phi) is 5.91. The van der Waals surface area contributed by atoms with Gasteiger partial charge in [0.15, 0.2) is 0 Å². The molecule has 2 aromatic carbocycles. The van der Waals surface area contributed by atoms with Gasteiger partial charge in [0, 0.05) is 24.2 Å². The van der Waals surface area contributed by atoms with E-state index in [0.29, 0.717) is 37.0 Å². The van der Waals surface area contributed by atoms with E-state index in [2.05, 4.69) is 15.5 Å². The molecule has 1 saturated heterocycles. The molecule has 30 heavy (non-hydrogen) atoms. The van der Waals surface area contributed by atoms with Crippen LogP contribution in [0.1, 0.15) is 15.9 Å². The number of benzene rings is 2. The molecule has 4 rings (SSSR count). The maximum absolute atomic E-state index is 12.7. The number of carbonyl (C=O) groups is 1. The molecular weight excluding hydrogens is 424 g/mol. The highest BCUT2D eigenvalue weighted by molar-refractivity contribution is 7.89. The van der Waals surface area contributed by atoms with E-state index in [1.807, 2.05) is 31.2 Å². The first kappa shape index (κ1) is 20.6. The molecular formula is C20H20N4O4S2. The van der Waals surface area contributed by atoms with Crippen LogP contribution in [0, 0.1) is 6.92 Å². The van der Waals surface area contributed by atoms with Gasteiger partial charge in [-0.3, -0.25) is 10.1 Å². The average Bonchev–Trinajstić information content (AvgIpc) is 3.23. The van der Waals surface area contributed by atoms with Gasteiger partial charge in [-0.25, -0.2) is 8.42 Å². The van der Waals surface area contributed by atoms with E-state index in [1.54, 1.807) is 0 Å². The summed E-state index contributed by atoms with van der Waals surface area (Å²) in [4.78, 5) is 12.7. The van der Waals surface area contributed by atoms with Gasteiger partial charge < -0.3 is 4.74 Å². The normalized spacial score (nSPS) is 15.1. The fourth-order valence-electron chi connectivity index (χ4n) is 3.08. The number of nitrogens with zero attached hydrogens (tertiary/aromatic N) is 3. The summed E-state index contributed by atoms with van der Waals surface area (Å²) in [7, 11) is -3.59. The van der Waals surface area contributed by atoms with E-state index in [0.717, 1.165) is 16.1 Å². The van der Waals surface area contributed by atoms with Gasteiger partial charge in [0.05, 0.1) is 18.1 Å². The summed E-state index contributed by atoms with van der Waals surface area (Å²) in [6.45, 7) is 3.40. The monoisotopic (exact) mass is 444 g/mol. The minimum Gasteiger partial charge on any atom is -0.379 e. The molecule has 1 aliphatic rings. The summed E-state index contributed by atoms with van der Waals surface area (Å²) in [6.07, 6.45) is 0. The van der Waals surface area contributed by atoms with Gasteiger partial charge in [-0.15, -0.1) is 10.2 Å². The van der Waals surface area contributed by atoms with Gasteiger partial charge in [0.25, 0.3) is 5.91 Å². The Balaban J connectivity index is 1.46. The number of hydrogen-bond donors (Lipinski definition) is 1. The summed E-state index contributed by atoms with van der Waals surface area (Å²) < 4.78 is 31.9. The Bertz CT molecular complexity index is 1150. The largest absolute Gasteiger partial charge is 0.379 e. The van der Waals surface area contributed by atoms with Gasteiger partial charge in [0.2, 0.25) is 15.2 Å². The van der Waals surface area contributed by atoms with Crippen LogP contribution in [0.5, 0.6) is 0 Å². The minimum absolute atomic E-state index is 0.152. The van der Waals surface area contributed by atoms with E-state index in [-0.39, 0.29) is 10.8 Å². The number of aryl methyl sites for hydroxylation is 1. The molecule has 3 aromatic rings. The van der Waals surface area contributed by atoms with Gasteiger partial charge in [0.1, 0.15) is 5.01 Å². The molecule has 0 atom stereocenters. The predicted octanol–water partition coefficient (Wildman–Crippen LogP) is 2.79. The molecule has 1 N–H and O–H groups in total. The van der Waals surface area contributed by atoms with Gasteiger partial charge >= 0.3 is 0 Å². The molecule has 8 nitrogen and oxygen atoms in total. The Morgan fingerprint density at radius 2 is 1.77 bits per heavy atom. The van der Waals surface area contributed by atoms with Crippen LogP contribution in [0.3, 0.4) is 0 Å². The van der Waals surface area contributed by atoms with Crippen LogP contribution in [-0.2, 0) is 14.8 Å². The van der Waals surface area contributed by atoms with Crippen molar-refractivity contribution in [2.45, 2.75) is 11.8 Å². The Hall–Kier alpha value is -2.66. The SMILES string of the molecule is Cc1ccccc1-c1nnc(NC(=O)c2ccc(S(=O)(=O)N3CCOCC3)cc2)s1. The Morgan fingerprint density at radius 3 is 2.47 bits per heavy atom. The fraction of sp³-hybridized carbons (Fsp3) is 0.250. The number of amides is 1. The molecule has 0 unspecified atom stereocenters. The first-order valence-electron chi connectivity index (χ1n) is 9.34. The lowest BCUT2D eigenvalue weighted by Crippen LogP contribution is -2.40. The quantitative estimate of drug-likeness (QED) is 0.649. The molecule has 2 heterocycles. The summed E-state index contributed by atoms with van der Waals surface area (Å²) in [5.41, 5.74) is 2.38. The molecule has 1 amide bonds. The van der Waals surface area contributed by atoms with Crippen LogP contribution in [0.15, 0.2) is 53.4 Å². The van der Waals surface area contributed by atoms with E-state index in [1.165, 1.54) is 39.9 Å². The lowest BCUT2D eigenvalue weighted by molar-refractivity contribution is 0.0730. The molecule has 1 fully saturated rings. The molecule has 0 radical (unpaired) electrons. The topological polar surface area (TPSA) is 101 Å². The standard InChI is InChI=1S/C20H20N4O4S2/c1-14-4-2-3-5-17(14)19-22-23-20(29-19)21-18(25)15-6-8-16(9-7-15)30(26,27)24-10-12-28-13-11-24/h2-9H,10-13H2,1H3,(H,21,23,25). The van der Waals surface area contributed by atoms with Crippen LogP contribution in [-0.4, -0.2) is 55.1 Å². The van der Waals surface area contributed by atoms with Gasteiger partial charge in [-0.1, -0.05) is 35.6 Å². The van der Waals surface area contributed by atoms with Crippen LogP contribution in [0.4, 0.5) is 5.13 Å². The van der Waals surface area contributed by atoms with Crippen molar-refractivity contribution in [3.8, 4) is 10.6 Å². The predicted molar refractivity (Wildman–Crippen MR) is 114 cm³/mol. The maximum atomic E-state index is 12.7. The highest BCUT2D eigenvalue weighted by Gasteiger charge is 2.26. The number of carbonyl (C=O) groups excluding carboxylic acids is 1. The van der Waals surface area contributed by atoms with E-state index in [9.17, 15) is 13.2 Å².